The summed E-state index contributed by atoms with van der Waals surface area (Å²) in [4.78, 5) is 30.3. The molecule has 0 atom stereocenters. The number of nitrogens with one attached hydrogen (secondary N) is 1. The number of rotatable bonds is 4. The number of amides is 1. The topological polar surface area (TPSA) is 66.7 Å². The summed E-state index contributed by atoms with van der Waals surface area (Å²) < 4.78 is 16.4. The fourth-order valence-corrected chi connectivity index (χ4v) is 3.25. The second kappa shape index (κ2) is 6.13. The quantitative estimate of drug-likeness (QED) is 0.913. The molecule has 1 aliphatic carbocycles. The van der Waals surface area contributed by atoms with E-state index in [1.165, 1.54) is 10.5 Å². The first kappa shape index (κ1) is 16.1. The number of carbonyl (C=O) groups excluding carboxylic acids is 1. The van der Waals surface area contributed by atoms with Gasteiger partial charge in [-0.25, -0.2) is 9.37 Å². The Morgan fingerprint density at radius 1 is 1.32 bits per heavy atom. The molecule has 2 aromatic heterocycles. The summed E-state index contributed by atoms with van der Waals surface area (Å²) in [6.07, 6.45) is 4.14. The van der Waals surface area contributed by atoms with E-state index in [9.17, 15) is 14.0 Å². The molecule has 3 heterocycles. The van der Waals surface area contributed by atoms with E-state index >= 15 is 0 Å². The molecule has 1 saturated carbocycles. The van der Waals surface area contributed by atoms with E-state index in [-0.39, 0.29) is 23.9 Å². The fourth-order valence-electron chi connectivity index (χ4n) is 3.25. The fraction of sp³-hybridized carbons (Fsp3) is 0.500. The second-order valence-corrected chi connectivity index (χ2v) is 7.01. The molecule has 1 saturated heterocycles. The minimum atomic E-state index is -1.38. The van der Waals surface area contributed by atoms with Crippen molar-refractivity contribution in [2.45, 2.75) is 31.4 Å². The maximum absolute atomic E-state index is 14.9. The lowest BCUT2D eigenvalue weighted by Crippen LogP contribution is -2.49. The zero-order valence-electron chi connectivity index (χ0n) is 13.9. The van der Waals surface area contributed by atoms with Gasteiger partial charge in [-0.05, 0) is 25.0 Å². The average molecular weight is 344 g/mol. The van der Waals surface area contributed by atoms with E-state index in [1.807, 2.05) is 11.0 Å². The first-order chi connectivity index (χ1) is 12.0. The zero-order chi connectivity index (χ0) is 17.4. The number of pyridine rings is 1. The van der Waals surface area contributed by atoms with Crippen molar-refractivity contribution >= 4 is 17.4 Å². The van der Waals surface area contributed by atoms with Crippen LogP contribution in [0.25, 0.3) is 5.65 Å². The van der Waals surface area contributed by atoms with Crippen LogP contribution in [-0.4, -0.2) is 40.6 Å². The lowest BCUT2D eigenvalue weighted by molar-refractivity contribution is -0.123. The molecule has 0 spiro atoms. The maximum Gasteiger partial charge on any atom is 0.259 e. The van der Waals surface area contributed by atoms with Crippen molar-refractivity contribution in [3.63, 3.8) is 0 Å². The molecule has 0 aromatic carbocycles. The van der Waals surface area contributed by atoms with Crippen LogP contribution >= 0.6 is 0 Å². The summed E-state index contributed by atoms with van der Waals surface area (Å²) in [7, 11) is 0. The predicted molar refractivity (Wildman–Crippen MR) is 92.5 cm³/mol. The number of anilines is 1. The molecule has 132 valence electrons. The van der Waals surface area contributed by atoms with Crippen LogP contribution in [0.4, 0.5) is 10.2 Å². The number of piperidine rings is 1. The van der Waals surface area contributed by atoms with E-state index in [0.29, 0.717) is 37.4 Å². The van der Waals surface area contributed by atoms with Crippen molar-refractivity contribution in [1.29, 1.82) is 0 Å². The van der Waals surface area contributed by atoms with Gasteiger partial charge in [0.15, 0.2) is 0 Å². The minimum absolute atomic E-state index is 0.0244. The number of hydrogen-bond acceptors (Lipinski definition) is 4. The number of aromatic nitrogens is 2. The standard InChI is InChI=1S/C18H21FN4O2/c19-18(12-20-17(25)13-4-5-13)6-9-22(10-7-18)15-11-16(24)23-8-2-1-3-14(23)21-15/h1-3,8,11,13H,4-7,9-10,12H2,(H,20,25). The van der Waals surface area contributed by atoms with Crippen molar-refractivity contribution in [1.82, 2.24) is 14.7 Å². The van der Waals surface area contributed by atoms with Gasteiger partial charge >= 0.3 is 0 Å². The predicted octanol–water partition coefficient (Wildman–Crippen LogP) is 1.53. The molecular weight excluding hydrogens is 323 g/mol. The Morgan fingerprint density at radius 2 is 2.08 bits per heavy atom. The number of alkyl halides is 1. The molecule has 0 radical (unpaired) electrons. The van der Waals surface area contributed by atoms with Gasteiger partial charge in [-0.3, -0.25) is 14.0 Å². The summed E-state index contributed by atoms with van der Waals surface area (Å²) in [5.41, 5.74) is -0.944. The van der Waals surface area contributed by atoms with Crippen LogP contribution in [0.5, 0.6) is 0 Å². The van der Waals surface area contributed by atoms with E-state index in [2.05, 4.69) is 10.3 Å². The van der Waals surface area contributed by atoms with Gasteiger partial charge in [0.2, 0.25) is 5.91 Å². The minimum Gasteiger partial charge on any atom is -0.356 e. The normalized spacial score (nSPS) is 19.8. The van der Waals surface area contributed by atoms with E-state index in [1.54, 1.807) is 18.3 Å². The molecule has 2 fully saturated rings. The Kier molecular flexibility index (Phi) is 3.94. The summed E-state index contributed by atoms with van der Waals surface area (Å²) in [6, 6.07) is 6.88. The first-order valence-corrected chi connectivity index (χ1v) is 8.74. The molecule has 25 heavy (non-hydrogen) atoms. The van der Waals surface area contributed by atoms with Crippen molar-refractivity contribution in [2.24, 2.45) is 5.92 Å². The average Bonchev–Trinajstić information content (AvgIpc) is 3.46. The van der Waals surface area contributed by atoms with Crippen LogP contribution in [-0.2, 0) is 4.79 Å². The maximum atomic E-state index is 14.9. The number of fused-ring (bicyclic) bond motifs is 1. The SMILES string of the molecule is O=C(NCC1(F)CCN(c2cc(=O)n3ccccc3n2)CC1)C1CC1. The van der Waals surface area contributed by atoms with Gasteiger partial charge < -0.3 is 10.2 Å². The Morgan fingerprint density at radius 3 is 2.80 bits per heavy atom. The molecule has 0 bridgehead atoms. The molecule has 2 aromatic rings. The van der Waals surface area contributed by atoms with Crippen LogP contribution < -0.4 is 15.8 Å². The third kappa shape index (κ3) is 3.36. The molecule has 7 heteroatoms. The highest BCUT2D eigenvalue weighted by Crippen LogP contribution is 2.31. The molecule has 4 rings (SSSR count). The Balaban J connectivity index is 1.42. The van der Waals surface area contributed by atoms with Crippen LogP contribution in [0.2, 0.25) is 0 Å². The van der Waals surface area contributed by atoms with Gasteiger partial charge in [0.1, 0.15) is 17.1 Å². The number of halogens is 1. The van der Waals surface area contributed by atoms with Gasteiger partial charge in [0, 0.05) is 44.1 Å². The summed E-state index contributed by atoms with van der Waals surface area (Å²) >= 11 is 0. The Labute approximate surface area is 144 Å². The highest BCUT2D eigenvalue weighted by atomic mass is 19.1. The summed E-state index contributed by atoms with van der Waals surface area (Å²) in [6.45, 7) is 1.03. The summed E-state index contributed by atoms with van der Waals surface area (Å²) in [5.74, 6) is 0.655. The van der Waals surface area contributed by atoms with Crippen LogP contribution in [0.1, 0.15) is 25.7 Å². The monoisotopic (exact) mass is 344 g/mol. The molecule has 1 aliphatic heterocycles. The zero-order valence-corrected chi connectivity index (χ0v) is 13.9. The Bertz CT molecular complexity index is 854. The largest absolute Gasteiger partial charge is 0.356 e. The van der Waals surface area contributed by atoms with Crippen molar-refractivity contribution in [3.05, 3.63) is 40.8 Å². The van der Waals surface area contributed by atoms with Crippen LogP contribution in [0.15, 0.2) is 35.3 Å². The highest BCUT2D eigenvalue weighted by molar-refractivity contribution is 5.80. The Hall–Kier alpha value is -2.44. The molecular formula is C18H21FN4O2. The van der Waals surface area contributed by atoms with Crippen LogP contribution in [0.3, 0.4) is 0 Å². The third-order valence-corrected chi connectivity index (χ3v) is 5.07. The lowest BCUT2D eigenvalue weighted by Gasteiger charge is -2.37. The molecule has 0 unspecified atom stereocenters. The van der Waals surface area contributed by atoms with Gasteiger partial charge in [0.05, 0.1) is 6.54 Å². The number of carbonyl (C=O) groups is 1. The van der Waals surface area contributed by atoms with Gasteiger partial charge in [-0.2, -0.15) is 0 Å². The molecule has 1 amide bonds. The van der Waals surface area contributed by atoms with Crippen molar-refractivity contribution in [2.75, 3.05) is 24.5 Å². The number of nitrogens with zero attached hydrogens (tertiary/aromatic N) is 3. The molecule has 6 nitrogen and oxygen atoms in total. The van der Waals surface area contributed by atoms with Gasteiger partial charge in [-0.1, -0.05) is 6.07 Å². The third-order valence-electron chi connectivity index (χ3n) is 5.07. The molecule has 2 aliphatic rings. The highest BCUT2D eigenvalue weighted by Gasteiger charge is 2.37. The van der Waals surface area contributed by atoms with Gasteiger partial charge in [0.25, 0.3) is 5.56 Å². The first-order valence-electron chi connectivity index (χ1n) is 8.74. The molecule has 1 N–H and O–H groups in total. The summed E-state index contributed by atoms with van der Waals surface area (Å²) in [5, 5.41) is 2.74. The van der Waals surface area contributed by atoms with Crippen molar-refractivity contribution in [3.8, 4) is 0 Å². The lowest BCUT2D eigenvalue weighted by atomic mass is 9.93. The van der Waals surface area contributed by atoms with Gasteiger partial charge in [-0.15, -0.1) is 0 Å². The number of hydrogen-bond donors (Lipinski definition) is 1. The van der Waals surface area contributed by atoms with E-state index < -0.39 is 5.67 Å². The van der Waals surface area contributed by atoms with Crippen LogP contribution in [0, 0.1) is 5.92 Å². The van der Waals surface area contributed by atoms with E-state index in [4.69, 9.17) is 0 Å². The smallest absolute Gasteiger partial charge is 0.259 e. The van der Waals surface area contributed by atoms with E-state index in [0.717, 1.165) is 12.8 Å². The van der Waals surface area contributed by atoms with Crippen molar-refractivity contribution < 1.29 is 9.18 Å². The second-order valence-electron chi connectivity index (χ2n) is 7.01.